The molecule has 6 nitrogen and oxygen atoms in total. The van der Waals surface area contributed by atoms with E-state index < -0.39 is 34.4 Å². The quantitative estimate of drug-likeness (QED) is 0.463. The number of benzene rings is 2. The van der Waals surface area contributed by atoms with Crippen LogP contribution in [-0.2, 0) is 18.3 Å². The maximum atomic E-state index is 12.3. The summed E-state index contributed by atoms with van der Waals surface area (Å²) in [4.78, 5) is 21.5. The van der Waals surface area contributed by atoms with Crippen molar-refractivity contribution in [3.8, 4) is 0 Å². The van der Waals surface area contributed by atoms with Crippen LogP contribution in [0.2, 0.25) is 5.04 Å². The predicted octanol–water partition coefficient (Wildman–Crippen LogP) is 3.24. The molecule has 2 aromatic carbocycles. The van der Waals surface area contributed by atoms with Gasteiger partial charge in [-0.05, 0) is 15.4 Å². The molecule has 0 fully saturated rings. The van der Waals surface area contributed by atoms with Gasteiger partial charge in [0.1, 0.15) is 0 Å². The zero-order valence-corrected chi connectivity index (χ0v) is 19.1. The first-order chi connectivity index (χ1) is 13.5. The molecule has 0 bridgehead atoms. The number of carbonyl (C=O) groups is 1. The van der Waals surface area contributed by atoms with E-state index in [-0.39, 0.29) is 11.2 Å². The van der Waals surface area contributed by atoms with Crippen molar-refractivity contribution >= 4 is 32.3 Å². The highest BCUT2D eigenvalue weighted by atomic mass is 31.2. The summed E-state index contributed by atoms with van der Waals surface area (Å²) in [6.07, 6.45) is -1.76. The Balaban J connectivity index is 2.68. The lowest BCUT2D eigenvalue weighted by molar-refractivity contribution is -0.138. The molecular formula is C21H29O6PSi. The van der Waals surface area contributed by atoms with E-state index in [1.165, 1.54) is 0 Å². The molecule has 0 aliphatic heterocycles. The maximum Gasteiger partial charge on any atom is 0.330 e. The minimum absolute atomic E-state index is 0.376. The fourth-order valence-corrected chi connectivity index (χ4v) is 9.30. The van der Waals surface area contributed by atoms with E-state index in [9.17, 15) is 19.4 Å². The Kier molecular flexibility index (Phi) is 7.60. The molecule has 0 aromatic heterocycles. The van der Waals surface area contributed by atoms with Crippen molar-refractivity contribution in [3.05, 3.63) is 60.7 Å². The van der Waals surface area contributed by atoms with Gasteiger partial charge in [0.2, 0.25) is 0 Å². The van der Waals surface area contributed by atoms with Crippen molar-refractivity contribution in [2.45, 2.75) is 38.3 Å². The lowest BCUT2D eigenvalue weighted by Crippen LogP contribution is -2.68. The third-order valence-electron chi connectivity index (χ3n) is 4.88. The highest BCUT2D eigenvalue weighted by molar-refractivity contribution is 7.52. The maximum absolute atomic E-state index is 12.3. The Hall–Kier alpha value is -1.76. The molecule has 0 radical (unpaired) electrons. The van der Waals surface area contributed by atoms with Crippen LogP contribution in [0.4, 0.5) is 0 Å². The van der Waals surface area contributed by atoms with Crippen LogP contribution in [0.3, 0.4) is 0 Å². The van der Waals surface area contributed by atoms with Crippen molar-refractivity contribution in [2.24, 2.45) is 0 Å². The monoisotopic (exact) mass is 436 g/mol. The first-order valence-electron chi connectivity index (χ1n) is 9.40. The highest BCUT2D eigenvalue weighted by Gasteiger charge is 2.52. The Labute approximate surface area is 173 Å². The standard InChI is InChI=1S/C21H29O6PSi/c1-21(2,3)29(18-11-7-5-8-12-18,19-13-9-6-10-14-19)27-17(15-20(22)23)16-28(24,25)26-4/h5-14,17H,15-16H2,1-4H3,(H,22,23)(H,24,25)/t17-/m0/s1. The highest BCUT2D eigenvalue weighted by Crippen LogP contribution is 2.44. The van der Waals surface area contributed by atoms with Crippen molar-refractivity contribution in [1.29, 1.82) is 0 Å². The van der Waals surface area contributed by atoms with E-state index in [2.05, 4.69) is 20.8 Å². The van der Waals surface area contributed by atoms with Gasteiger partial charge in [0.15, 0.2) is 0 Å². The molecule has 0 saturated carbocycles. The summed E-state index contributed by atoms with van der Waals surface area (Å²) < 4.78 is 23.6. The Morgan fingerprint density at radius 2 is 1.48 bits per heavy atom. The summed E-state index contributed by atoms with van der Waals surface area (Å²) in [5.74, 6) is -1.09. The van der Waals surface area contributed by atoms with Crippen LogP contribution < -0.4 is 10.4 Å². The minimum Gasteiger partial charge on any atom is -0.481 e. The molecule has 0 aliphatic rings. The van der Waals surface area contributed by atoms with Crippen molar-refractivity contribution < 1.29 is 28.3 Å². The van der Waals surface area contributed by atoms with Gasteiger partial charge in [-0.3, -0.25) is 9.36 Å². The Bertz CT molecular complexity index is 811. The van der Waals surface area contributed by atoms with Gasteiger partial charge < -0.3 is 18.9 Å². The molecule has 2 atom stereocenters. The molecule has 0 saturated heterocycles. The average molecular weight is 437 g/mol. The SMILES string of the molecule is COP(=O)(O)C[C@H](CC(=O)O)O[Si](c1ccccc1)(c1ccccc1)C(C)(C)C. The Morgan fingerprint density at radius 3 is 1.83 bits per heavy atom. The van der Waals surface area contributed by atoms with Crippen molar-refractivity contribution in [2.75, 3.05) is 13.3 Å². The van der Waals surface area contributed by atoms with E-state index in [1.807, 2.05) is 60.7 Å². The molecule has 29 heavy (non-hydrogen) atoms. The molecule has 2 rings (SSSR count). The lowest BCUT2D eigenvalue weighted by atomic mass is 10.2. The lowest BCUT2D eigenvalue weighted by Gasteiger charge is -2.45. The van der Waals surface area contributed by atoms with Crippen LogP contribution in [0.5, 0.6) is 0 Å². The van der Waals surface area contributed by atoms with Gasteiger partial charge in [-0.15, -0.1) is 0 Å². The molecule has 1 unspecified atom stereocenters. The number of hydrogen-bond donors (Lipinski definition) is 2. The van der Waals surface area contributed by atoms with E-state index in [0.717, 1.165) is 17.5 Å². The zero-order valence-electron chi connectivity index (χ0n) is 17.2. The molecule has 0 heterocycles. The summed E-state index contributed by atoms with van der Waals surface area (Å²) in [7, 11) is -5.88. The summed E-state index contributed by atoms with van der Waals surface area (Å²) >= 11 is 0. The number of aliphatic carboxylic acids is 1. The fourth-order valence-electron chi connectivity index (χ4n) is 3.61. The number of rotatable bonds is 9. The van der Waals surface area contributed by atoms with E-state index in [0.29, 0.717) is 0 Å². The molecule has 2 aromatic rings. The number of carboxylic acids is 1. The van der Waals surface area contributed by atoms with Crippen LogP contribution in [0.1, 0.15) is 27.2 Å². The fraction of sp³-hybridized carbons (Fsp3) is 0.381. The van der Waals surface area contributed by atoms with Gasteiger partial charge >= 0.3 is 13.6 Å². The molecule has 2 N–H and O–H groups in total. The van der Waals surface area contributed by atoms with Gasteiger partial charge in [0, 0.05) is 7.11 Å². The van der Waals surface area contributed by atoms with Crippen LogP contribution in [0.15, 0.2) is 60.7 Å². The van der Waals surface area contributed by atoms with Gasteiger partial charge in [-0.25, -0.2) is 0 Å². The van der Waals surface area contributed by atoms with Gasteiger partial charge in [0.05, 0.1) is 18.7 Å². The largest absolute Gasteiger partial charge is 0.481 e. The molecule has 0 amide bonds. The van der Waals surface area contributed by atoms with Crippen molar-refractivity contribution in [3.63, 3.8) is 0 Å². The van der Waals surface area contributed by atoms with Crippen LogP contribution >= 0.6 is 7.60 Å². The van der Waals surface area contributed by atoms with Gasteiger partial charge in [-0.1, -0.05) is 81.4 Å². The summed E-state index contributed by atoms with van der Waals surface area (Å²) in [5.41, 5.74) is 0. The average Bonchev–Trinajstić information content (AvgIpc) is 2.65. The molecule has 0 aliphatic carbocycles. The molecular weight excluding hydrogens is 407 g/mol. The van der Waals surface area contributed by atoms with E-state index >= 15 is 0 Å². The molecule has 158 valence electrons. The topological polar surface area (TPSA) is 93.1 Å². The second kappa shape index (κ2) is 9.37. The smallest absolute Gasteiger partial charge is 0.330 e. The summed E-state index contributed by atoms with van der Waals surface area (Å²) in [6.45, 7) is 6.18. The molecule has 0 spiro atoms. The zero-order chi connectivity index (χ0) is 21.7. The molecule has 8 heteroatoms. The third-order valence-corrected chi connectivity index (χ3v) is 11.4. The van der Waals surface area contributed by atoms with Crippen LogP contribution in [-0.4, -0.2) is 43.7 Å². The van der Waals surface area contributed by atoms with Crippen LogP contribution in [0, 0.1) is 0 Å². The van der Waals surface area contributed by atoms with Gasteiger partial charge in [-0.2, -0.15) is 0 Å². The first kappa shape index (κ1) is 23.5. The normalized spacial score (nSPS) is 15.5. The Morgan fingerprint density at radius 1 is 1.03 bits per heavy atom. The number of hydrogen-bond acceptors (Lipinski definition) is 4. The second-order valence-electron chi connectivity index (χ2n) is 8.00. The number of carboxylic acid groups (broad SMARTS) is 1. The first-order valence-corrected chi connectivity index (χ1v) is 13.1. The van der Waals surface area contributed by atoms with Crippen molar-refractivity contribution in [1.82, 2.24) is 0 Å². The van der Waals surface area contributed by atoms with Crippen LogP contribution in [0.25, 0.3) is 0 Å². The minimum atomic E-state index is -3.97. The van der Waals surface area contributed by atoms with E-state index in [4.69, 9.17) is 8.95 Å². The van der Waals surface area contributed by atoms with E-state index in [1.54, 1.807) is 0 Å². The van der Waals surface area contributed by atoms with Gasteiger partial charge in [0.25, 0.3) is 8.32 Å². The third kappa shape index (κ3) is 5.65. The summed E-state index contributed by atoms with van der Waals surface area (Å²) in [5, 5.41) is 11.0. The second-order valence-corrected chi connectivity index (χ2v) is 14.3. The predicted molar refractivity (Wildman–Crippen MR) is 116 cm³/mol. The summed E-state index contributed by atoms with van der Waals surface area (Å²) in [6, 6.07) is 19.5.